The summed E-state index contributed by atoms with van der Waals surface area (Å²) in [5.74, 6) is -0.0998. The van der Waals surface area contributed by atoms with Gasteiger partial charge in [-0.1, -0.05) is 53.7 Å². The van der Waals surface area contributed by atoms with E-state index in [1.807, 2.05) is 31.2 Å². The van der Waals surface area contributed by atoms with Crippen LogP contribution in [0.25, 0.3) is 11.1 Å². The Kier molecular flexibility index (Phi) is 4.57. The van der Waals surface area contributed by atoms with E-state index in [0.29, 0.717) is 0 Å². The fourth-order valence-corrected chi connectivity index (χ4v) is 5.58. The third-order valence-corrected chi connectivity index (χ3v) is 7.50. The number of amides is 2. The van der Waals surface area contributed by atoms with Gasteiger partial charge in [0, 0.05) is 13.1 Å². The molecule has 2 aromatic carbocycles. The van der Waals surface area contributed by atoms with Crippen molar-refractivity contribution >= 4 is 32.9 Å². The van der Waals surface area contributed by atoms with Crippen LogP contribution in [-0.4, -0.2) is 53.7 Å². The number of thioether (sulfide) groups is 1. The van der Waals surface area contributed by atoms with E-state index < -0.39 is 10.0 Å². The predicted octanol–water partition coefficient (Wildman–Crippen LogP) is 2.73. The Morgan fingerprint density at radius 1 is 1.00 bits per heavy atom. The van der Waals surface area contributed by atoms with Crippen molar-refractivity contribution in [2.24, 2.45) is 0 Å². The fraction of sp³-hybridized carbons (Fsp3) is 0.263. The largest absolute Gasteiger partial charge is 0.289 e. The van der Waals surface area contributed by atoms with Crippen LogP contribution >= 0.6 is 11.8 Å². The van der Waals surface area contributed by atoms with Gasteiger partial charge in [-0.15, -0.1) is 0 Å². The van der Waals surface area contributed by atoms with Crippen molar-refractivity contribution in [3.8, 4) is 11.1 Å². The highest BCUT2D eigenvalue weighted by Crippen LogP contribution is 2.30. The van der Waals surface area contributed by atoms with Gasteiger partial charge in [-0.2, -0.15) is 4.31 Å². The lowest BCUT2D eigenvalue weighted by Crippen LogP contribution is -2.61. The number of hydrogen-bond donors (Lipinski definition) is 0. The molecule has 0 aromatic heterocycles. The lowest BCUT2D eigenvalue weighted by atomic mass is 10.0. The Morgan fingerprint density at radius 2 is 1.70 bits per heavy atom. The second kappa shape index (κ2) is 6.78. The number of rotatable bonds is 4. The molecule has 6 nitrogen and oxygen atoms in total. The Bertz CT molecular complexity index is 996. The zero-order valence-corrected chi connectivity index (χ0v) is 16.3. The number of nitrogens with zero attached hydrogens (tertiary/aromatic N) is 2. The van der Waals surface area contributed by atoms with Crippen LogP contribution in [0.2, 0.25) is 0 Å². The van der Waals surface area contributed by atoms with Crippen molar-refractivity contribution in [2.75, 3.05) is 18.8 Å². The van der Waals surface area contributed by atoms with Crippen LogP contribution in [-0.2, 0) is 14.8 Å². The number of carbonyl (C=O) groups excluding carboxylic acids is 2. The van der Waals surface area contributed by atoms with E-state index in [2.05, 4.69) is 0 Å². The Labute approximate surface area is 162 Å². The molecule has 8 heteroatoms. The maximum absolute atomic E-state index is 12.8. The smallest absolute Gasteiger partial charge is 0.273 e. The van der Waals surface area contributed by atoms with Crippen molar-refractivity contribution in [2.45, 2.75) is 17.9 Å². The highest BCUT2D eigenvalue weighted by molar-refractivity contribution is 8.14. The maximum Gasteiger partial charge on any atom is 0.289 e. The molecule has 4 rings (SSSR count). The van der Waals surface area contributed by atoms with Crippen LogP contribution in [0.15, 0.2) is 53.4 Å². The van der Waals surface area contributed by atoms with Gasteiger partial charge >= 0.3 is 0 Å². The molecule has 0 spiro atoms. The molecular weight excluding hydrogens is 384 g/mol. The zero-order chi connectivity index (χ0) is 19.2. The van der Waals surface area contributed by atoms with E-state index in [4.69, 9.17) is 0 Å². The third kappa shape index (κ3) is 3.28. The monoisotopic (exact) mass is 402 g/mol. The molecule has 0 atom stereocenters. The fourth-order valence-electron chi connectivity index (χ4n) is 3.29. The first-order valence-corrected chi connectivity index (χ1v) is 10.9. The van der Waals surface area contributed by atoms with Gasteiger partial charge in [-0.25, -0.2) is 8.42 Å². The number of aryl methyl sites for hydroxylation is 1. The third-order valence-electron chi connectivity index (χ3n) is 4.82. The number of carbonyl (C=O) groups is 2. The molecule has 2 aromatic rings. The Balaban J connectivity index is 1.48. The van der Waals surface area contributed by atoms with Gasteiger partial charge in [0.2, 0.25) is 15.9 Å². The first-order valence-electron chi connectivity index (χ1n) is 8.52. The second-order valence-corrected chi connectivity index (χ2v) is 9.55. The van der Waals surface area contributed by atoms with Gasteiger partial charge < -0.3 is 0 Å². The highest BCUT2D eigenvalue weighted by Gasteiger charge is 2.45. The molecule has 27 heavy (non-hydrogen) atoms. The SMILES string of the molecule is Cc1cccc(-c2ccc(S(=O)(=O)N3CC(N4C(=O)CSC4=O)C3)cc2)c1. The number of hydrogen-bond acceptors (Lipinski definition) is 5. The maximum atomic E-state index is 12.8. The Morgan fingerprint density at radius 3 is 2.30 bits per heavy atom. The topological polar surface area (TPSA) is 74.8 Å². The van der Waals surface area contributed by atoms with E-state index in [-0.39, 0.29) is 40.9 Å². The van der Waals surface area contributed by atoms with Gasteiger partial charge in [0.05, 0.1) is 16.7 Å². The minimum Gasteiger partial charge on any atom is -0.273 e. The summed E-state index contributed by atoms with van der Waals surface area (Å²) in [4.78, 5) is 24.9. The molecular formula is C19H18N2O4S2. The minimum atomic E-state index is -3.63. The van der Waals surface area contributed by atoms with Gasteiger partial charge in [0.15, 0.2) is 0 Å². The summed E-state index contributed by atoms with van der Waals surface area (Å²) in [7, 11) is -3.63. The van der Waals surface area contributed by atoms with Crippen molar-refractivity contribution in [3.05, 3.63) is 54.1 Å². The van der Waals surface area contributed by atoms with E-state index in [9.17, 15) is 18.0 Å². The summed E-state index contributed by atoms with van der Waals surface area (Å²) >= 11 is 0.966. The molecule has 0 bridgehead atoms. The first kappa shape index (κ1) is 18.2. The van der Waals surface area contributed by atoms with Gasteiger partial charge in [0.25, 0.3) is 5.24 Å². The van der Waals surface area contributed by atoms with Crippen LogP contribution in [0, 0.1) is 6.92 Å². The van der Waals surface area contributed by atoms with E-state index >= 15 is 0 Å². The van der Waals surface area contributed by atoms with Crippen molar-refractivity contribution in [3.63, 3.8) is 0 Å². The van der Waals surface area contributed by atoms with Crippen molar-refractivity contribution in [1.29, 1.82) is 0 Å². The molecule has 0 N–H and O–H groups in total. The molecule has 0 saturated carbocycles. The molecule has 140 valence electrons. The molecule has 0 unspecified atom stereocenters. The number of imide groups is 1. The molecule has 0 radical (unpaired) electrons. The van der Waals surface area contributed by atoms with Gasteiger partial charge in [0.1, 0.15) is 0 Å². The van der Waals surface area contributed by atoms with Crippen LogP contribution in [0.1, 0.15) is 5.56 Å². The van der Waals surface area contributed by atoms with Gasteiger partial charge in [-0.3, -0.25) is 14.5 Å². The molecule has 2 fully saturated rings. The van der Waals surface area contributed by atoms with Crippen molar-refractivity contribution < 1.29 is 18.0 Å². The van der Waals surface area contributed by atoms with Crippen LogP contribution in [0.4, 0.5) is 4.79 Å². The lowest BCUT2D eigenvalue weighted by Gasteiger charge is -2.41. The average Bonchev–Trinajstić information content (AvgIpc) is 2.93. The standard InChI is InChI=1S/C19H18N2O4S2/c1-13-3-2-4-15(9-13)14-5-7-17(8-6-14)27(24,25)20-10-16(11-20)21-18(22)12-26-19(21)23/h2-9,16H,10-12H2,1H3. The predicted molar refractivity (Wildman–Crippen MR) is 104 cm³/mol. The van der Waals surface area contributed by atoms with Crippen LogP contribution in [0.5, 0.6) is 0 Å². The van der Waals surface area contributed by atoms with Crippen LogP contribution < -0.4 is 0 Å². The van der Waals surface area contributed by atoms with E-state index in [0.717, 1.165) is 28.5 Å². The second-order valence-electron chi connectivity index (χ2n) is 6.69. The number of sulfonamides is 1. The highest BCUT2D eigenvalue weighted by atomic mass is 32.2. The van der Waals surface area contributed by atoms with E-state index in [1.165, 1.54) is 9.21 Å². The molecule has 2 amide bonds. The summed E-state index contributed by atoms with van der Waals surface area (Å²) in [6, 6.07) is 14.4. The zero-order valence-electron chi connectivity index (χ0n) is 14.7. The van der Waals surface area contributed by atoms with Gasteiger partial charge in [-0.05, 0) is 30.2 Å². The van der Waals surface area contributed by atoms with Crippen LogP contribution in [0.3, 0.4) is 0 Å². The lowest BCUT2D eigenvalue weighted by molar-refractivity contribution is -0.127. The summed E-state index contributed by atoms with van der Waals surface area (Å²) < 4.78 is 26.9. The number of benzene rings is 2. The summed E-state index contributed by atoms with van der Waals surface area (Å²) in [6.07, 6.45) is 0. The average molecular weight is 402 g/mol. The summed E-state index contributed by atoms with van der Waals surface area (Å²) in [5, 5.41) is -0.287. The quantitative estimate of drug-likeness (QED) is 0.786. The molecule has 2 heterocycles. The normalized spacial score (nSPS) is 18.8. The summed E-state index contributed by atoms with van der Waals surface area (Å²) in [5.41, 5.74) is 3.12. The van der Waals surface area contributed by atoms with Crippen molar-refractivity contribution in [1.82, 2.24) is 9.21 Å². The molecule has 2 aliphatic heterocycles. The minimum absolute atomic E-state index is 0.141. The summed E-state index contributed by atoms with van der Waals surface area (Å²) in [6.45, 7) is 2.32. The molecule has 2 saturated heterocycles. The molecule has 2 aliphatic rings. The molecule has 0 aliphatic carbocycles. The first-order chi connectivity index (χ1) is 12.9. The van der Waals surface area contributed by atoms with E-state index in [1.54, 1.807) is 24.3 Å². The Hall–Kier alpha value is -2.16.